The van der Waals surface area contributed by atoms with Crippen molar-refractivity contribution in [3.8, 4) is 0 Å². The van der Waals surface area contributed by atoms with E-state index in [1.165, 1.54) is 44.9 Å². The lowest BCUT2D eigenvalue weighted by molar-refractivity contribution is 0.549. The molecule has 0 fully saturated rings. The fraction of sp³-hybridized carbons (Fsp3) is 1.00. The van der Waals surface area contributed by atoms with Gasteiger partial charge in [0.1, 0.15) is 0 Å². The summed E-state index contributed by atoms with van der Waals surface area (Å²) in [5.41, 5.74) is 0. The highest BCUT2D eigenvalue weighted by Gasteiger charge is 2.14. The first kappa shape index (κ1) is 18.9. The van der Waals surface area contributed by atoms with Gasteiger partial charge in [-0.15, -0.1) is 34.8 Å². The van der Waals surface area contributed by atoms with Gasteiger partial charge in [-0.25, -0.2) is 0 Å². The summed E-state index contributed by atoms with van der Waals surface area (Å²) in [4.78, 5) is 0. The summed E-state index contributed by atoms with van der Waals surface area (Å²) in [5, 5.41) is 0.498. The number of hydrogen-bond acceptors (Lipinski definition) is 0. The van der Waals surface area contributed by atoms with Crippen LogP contribution in [0.4, 0.5) is 0 Å². The molecule has 110 valence electrons. The van der Waals surface area contributed by atoms with Crippen molar-refractivity contribution in [1.82, 2.24) is 0 Å². The van der Waals surface area contributed by atoms with Crippen LogP contribution in [0.2, 0.25) is 0 Å². The minimum atomic E-state index is 0.129. The molecule has 3 heteroatoms. The molecule has 0 bridgehead atoms. The van der Waals surface area contributed by atoms with Crippen molar-refractivity contribution in [3.05, 3.63) is 0 Å². The zero-order valence-corrected chi connectivity index (χ0v) is 14.2. The molecule has 0 saturated carbocycles. The number of unbranched alkanes of at least 4 members (excludes halogenated alkanes) is 6. The van der Waals surface area contributed by atoms with E-state index in [0.717, 1.165) is 19.3 Å². The summed E-state index contributed by atoms with van der Waals surface area (Å²) in [6.45, 7) is 4.23. The molecule has 0 nitrogen and oxygen atoms in total. The molecule has 0 saturated heterocycles. The summed E-state index contributed by atoms with van der Waals surface area (Å²) in [6, 6.07) is 0. The summed E-state index contributed by atoms with van der Waals surface area (Å²) in [7, 11) is 0. The van der Waals surface area contributed by atoms with E-state index in [9.17, 15) is 0 Å². The van der Waals surface area contributed by atoms with Crippen LogP contribution >= 0.6 is 34.8 Å². The molecule has 0 aromatic rings. The molecular formula is C15H29Cl3. The van der Waals surface area contributed by atoms with Gasteiger partial charge in [0.2, 0.25) is 0 Å². The number of rotatable bonds is 12. The normalized spacial score (nSPS) is 16.5. The van der Waals surface area contributed by atoms with Crippen LogP contribution in [0.1, 0.15) is 78.1 Å². The fourth-order valence-corrected chi connectivity index (χ4v) is 3.42. The molecule has 3 unspecified atom stereocenters. The maximum Gasteiger partial charge on any atom is 0.0364 e. The van der Waals surface area contributed by atoms with Gasteiger partial charge in [-0.05, 0) is 26.2 Å². The highest BCUT2D eigenvalue weighted by Crippen LogP contribution is 2.22. The van der Waals surface area contributed by atoms with Crippen molar-refractivity contribution in [2.45, 2.75) is 94.2 Å². The zero-order chi connectivity index (χ0) is 13.8. The van der Waals surface area contributed by atoms with E-state index >= 15 is 0 Å². The Hall–Kier alpha value is 0.870. The second-order valence-electron chi connectivity index (χ2n) is 5.36. The smallest absolute Gasteiger partial charge is 0.0364 e. The van der Waals surface area contributed by atoms with Gasteiger partial charge in [-0.3, -0.25) is 0 Å². The summed E-state index contributed by atoms with van der Waals surface area (Å²) in [5.74, 6) is 0. The molecule has 0 aromatic heterocycles. The second kappa shape index (κ2) is 12.9. The van der Waals surface area contributed by atoms with Gasteiger partial charge in [0.05, 0.1) is 0 Å². The van der Waals surface area contributed by atoms with Gasteiger partial charge in [-0.1, -0.05) is 51.9 Å². The van der Waals surface area contributed by atoms with Gasteiger partial charge >= 0.3 is 0 Å². The van der Waals surface area contributed by atoms with Crippen molar-refractivity contribution in [3.63, 3.8) is 0 Å². The van der Waals surface area contributed by atoms with Crippen molar-refractivity contribution < 1.29 is 0 Å². The first-order chi connectivity index (χ1) is 8.56. The van der Waals surface area contributed by atoms with Crippen molar-refractivity contribution in [1.29, 1.82) is 0 Å². The standard InChI is InChI=1S/C15H29Cl3/c1-3-4-5-6-7-8-9-10-14(17)12-15(18)11-13(2)16/h13-15H,3-12H2,1-2H3. The topological polar surface area (TPSA) is 0 Å². The Kier molecular flexibility index (Phi) is 13.5. The average molecular weight is 316 g/mol. The van der Waals surface area contributed by atoms with Crippen LogP contribution in [0.3, 0.4) is 0 Å². The van der Waals surface area contributed by atoms with Gasteiger partial charge in [0.15, 0.2) is 0 Å². The summed E-state index contributed by atoms with van der Waals surface area (Å²) >= 11 is 18.4. The average Bonchev–Trinajstić information content (AvgIpc) is 2.26. The van der Waals surface area contributed by atoms with Crippen molar-refractivity contribution in [2.24, 2.45) is 0 Å². The lowest BCUT2D eigenvalue weighted by Crippen LogP contribution is -2.12. The van der Waals surface area contributed by atoms with Crippen molar-refractivity contribution >= 4 is 34.8 Å². The fourth-order valence-electron chi connectivity index (χ4n) is 2.17. The summed E-state index contributed by atoms with van der Waals surface area (Å²) < 4.78 is 0. The van der Waals surface area contributed by atoms with E-state index in [0.29, 0.717) is 0 Å². The molecule has 0 aliphatic heterocycles. The number of alkyl halides is 3. The van der Waals surface area contributed by atoms with Crippen LogP contribution in [0, 0.1) is 0 Å². The molecule has 0 aliphatic carbocycles. The Morgan fingerprint density at radius 3 is 1.83 bits per heavy atom. The highest BCUT2D eigenvalue weighted by atomic mass is 35.5. The zero-order valence-electron chi connectivity index (χ0n) is 11.9. The largest absolute Gasteiger partial charge is 0.123 e. The minimum Gasteiger partial charge on any atom is -0.123 e. The molecule has 0 amide bonds. The van der Waals surface area contributed by atoms with Gasteiger partial charge in [-0.2, -0.15) is 0 Å². The predicted octanol–water partition coefficient (Wildman–Crippen LogP) is 6.75. The Morgan fingerprint density at radius 2 is 1.28 bits per heavy atom. The van der Waals surface area contributed by atoms with Gasteiger partial charge < -0.3 is 0 Å². The first-order valence-electron chi connectivity index (χ1n) is 7.48. The number of halogens is 3. The Balaban J connectivity index is 3.33. The van der Waals surface area contributed by atoms with Crippen LogP contribution < -0.4 is 0 Å². The SMILES string of the molecule is CCCCCCCCCC(Cl)CC(Cl)CC(C)Cl. The van der Waals surface area contributed by atoms with E-state index in [2.05, 4.69) is 6.92 Å². The second-order valence-corrected chi connectivity index (χ2v) is 7.34. The van der Waals surface area contributed by atoms with Gasteiger partial charge in [0.25, 0.3) is 0 Å². The Bertz CT molecular complexity index is 171. The minimum absolute atomic E-state index is 0.129. The lowest BCUT2D eigenvalue weighted by Gasteiger charge is -2.15. The third-order valence-electron chi connectivity index (χ3n) is 3.21. The first-order valence-corrected chi connectivity index (χ1v) is 8.79. The third-order valence-corrected chi connectivity index (χ3v) is 4.14. The lowest BCUT2D eigenvalue weighted by atomic mass is 10.0. The van der Waals surface area contributed by atoms with Crippen LogP contribution in [0.25, 0.3) is 0 Å². The van der Waals surface area contributed by atoms with E-state index in [4.69, 9.17) is 34.8 Å². The Labute approximate surface area is 129 Å². The molecule has 3 atom stereocenters. The van der Waals surface area contributed by atoms with Crippen LogP contribution in [-0.4, -0.2) is 16.1 Å². The van der Waals surface area contributed by atoms with Crippen LogP contribution in [-0.2, 0) is 0 Å². The molecule has 0 spiro atoms. The maximum absolute atomic E-state index is 6.29. The molecule has 0 aromatic carbocycles. The molecule has 18 heavy (non-hydrogen) atoms. The Morgan fingerprint density at radius 1 is 0.722 bits per heavy atom. The monoisotopic (exact) mass is 314 g/mol. The molecule has 0 rings (SSSR count). The molecule has 0 radical (unpaired) electrons. The molecular weight excluding hydrogens is 287 g/mol. The van der Waals surface area contributed by atoms with E-state index in [1.54, 1.807) is 0 Å². The van der Waals surface area contributed by atoms with Crippen LogP contribution in [0.5, 0.6) is 0 Å². The summed E-state index contributed by atoms with van der Waals surface area (Å²) in [6.07, 6.45) is 12.2. The quantitative estimate of drug-likeness (QED) is 0.276. The van der Waals surface area contributed by atoms with Gasteiger partial charge in [0, 0.05) is 16.1 Å². The number of hydrogen-bond donors (Lipinski definition) is 0. The highest BCUT2D eigenvalue weighted by molar-refractivity contribution is 6.24. The van der Waals surface area contributed by atoms with Crippen LogP contribution in [0.15, 0.2) is 0 Å². The van der Waals surface area contributed by atoms with E-state index < -0.39 is 0 Å². The maximum atomic E-state index is 6.29. The molecule has 0 N–H and O–H groups in total. The molecule has 0 heterocycles. The van der Waals surface area contributed by atoms with E-state index in [1.807, 2.05) is 6.92 Å². The predicted molar refractivity (Wildman–Crippen MR) is 86.4 cm³/mol. The third kappa shape index (κ3) is 13.3. The van der Waals surface area contributed by atoms with Crippen molar-refractivity contribution in [2.75, 3.05) is 0 Å². The van der Waals surface area contributed by atoms with E-state index in [-0.39, 0.29) is 16.1 Å². The molecule has 0 aliphatic rings.